The van der Waals surface area contributed by atoms with E-state index in [2.05, 4.69) is 46.4 Å². The van der Waals surface area contributed by atoms with Crippen molar-refractivity contribution >= 4 is 0 Å². The van der Waals surface area contributed by atoms with Crippen LogP contribution in [0.15, 0.2) is 0 Å². The Morgan fingerprint density at radius 2 is 1.44 bits per heavy atom. The van der Waals surface area contributed by atoms with Gasteiger partial charge in [-0.05, 0) is 45.4 Å². The first-order chi connectivity index (χ1) is 7.02. The predicted molar refractivity (Wildman–Crippen MR) is 69.6 cm³/mol. The molecule has 0 aromatic rings. The second-order valence-electron chi connectivity index (χ2n) is 7.62. The maximum absolute atomic E-state index is 10.6. The van der Waals surface area contributed by atoms with Crippen LogP contribution in [0, 0.1) is 5.41 Å². The van der Waals surface area contributed by atoms with Gasteiger partial charge < -0.3 is 5.11 Å². The van der Waals surface area contributed by atoms with Crippen molar-refractivity contribution in [2.75, 3.05) is 13.1 Å². The molecule has 0 aromatic heterocycles. The number of piperidine rings is 1. The Kier molecular flexibility index (Phi) is 3.76. The van der Waals surface area contributed by atoms with Crippen LogP contribution >= 0.6 is 0 Å². The van der Waals surface area contributed by atoms with Crippen molar-refractivity contribution in [3.05, 3.63) is 0 Å². The van der Waals surface area contributed by atoms with Gasteiger partial charge in [-0.25, -0.2) is 0 Å². The normalized spacial score (nSPS) is 23.4. The van der Waals surface area contributed by atoms with Crippen LogP contribution in [0.4, 0.5) is 0 Å². The lowest BCUT2D eigenvalue weighted by atomic mass is 9.76. The number of hydrogen-bond acceptors (Lipinski definition) is 2. The number of aliphatic hydroxyl groups is 1. The van der Waals surface area contributed by atoms with Crippen LogP contribution < -0.4 is 0 Å². The molecule has 1 saturated heterocycles. The van der Waals surface area contributed by atoms with Gasteiger partial charge >= 0.3 is 0 Å². The molecule has 0 aliphatic carbocycles. The molecule has 16 heavy (non-hydrogen) atoms. The first-order valence-corrected chi connectivity index (χ1v) is 6.49. The second kappa shape index (κ2) is 4.30. The molecule has 0 spiro atoms. The molecular formula is C14H29NO. The van der Waals surface area contributed by atoms with E-state index in [9.17, 15) is 5.11 Å². The van der Waals surface area contributed by atoms with Crippen molar-refractivity contribution in [1.82, 2.24) is 4.90 Å². The largest absolute Gasteiger partial charge is 0.390 e. The van der Waals surface area contributed by atoms with Crippen molar-refractivity contribution in [1.29, 1.82) is 0 Å². The van der Waals surface area contributed by atoms with E-state index in [1.54, 1.807) is 0 Å². The maximum Gasteiger partial charge on any atom is 0.0677 e. The Hall–Kier alpha value is -0.0800. The zero-order valence-electron chi connectivity index (χ0n) is 11.9. The fourth-order valence-corrected chi connectivity index (χ4v) is 2.76. The molecule has 1 N–H and O–H groups in total. The van der Waals surface area contributed by atoms with E-state index in [0.717, 1.165) is 32.4 Å². The van der Waals surface area contributed by atoms with E-state index in [-0.39, 0.29) is 11.0 Å². The van der Waals surface area contributed by atoms with Gasteiger partial charge in [0, 0.05) is 18.6 Å². The summed E-state index contributed by atoms with van der Waals surface area (Å²) in [5.41, 5.74) is 0.0295. The predicted octanol–water partition coefficient (Wildman–Crippen LogP) is 3.05. The van der Waals surface area contributed by atoms with Crippen molar-refractivity contribution in [2.24, 2.45) is 5.41 Å². The van der Waals surface area contributed by atoms with Crippen LogP contribution in [0.2, 0.25) is 0 Å². The average molecular weight is 227 g/mol. The van der Waals surface area contributed by atoms with Gasteiger partial charge in [0.2, 0.25) is 0 Å². The van der Waals surface area contributed by atoms with E-state index in [1.807, 2.05) is 0 Å². The fraction of sp³-hybridized carbons (Fsp3) is 1.00. The highest BCUT2D eigenvalue weighted by atomic mass is 16.3. The molecule has 0 radical (unpaired) electrons. The van der Waals surface area contributed by atoms with Crippen molar-refractivity contribution in [3.8, 4) is 0 Å². The van der Waals surface area contributed by atoms with Gasteiger partial charge in [-0.2, -0.15) is 0 Å². The molecule has 2 heteroatoms. The van der Waals surface area contributed by atoms with Gasteiger partial charge in [-0.3, -0.25) is 4.90 Å². The van der Waals surface area contributed by atoms with Crippen LogP contribution in [0.5, 0.6) is 0 Å². The lowest BCUT2D eigenvalue weighted by molar-refractivity contribution is -0.0641. The summed E-state index contributed by atoms with van der Waals surface area (Å²) in [6, 6.07) is 0. The van der Waals surface area contributed by atoms with E-state index in [0.29, 0.717) is 0 Å². The van der Waals surface area contributed by atoms with E-state index < -0.39 is 5.60 Å². The molecule has 0 atom stereocenters. The zero-order valence-corrected chi connectivity index (χ0v) is 11.9. The number of nitrogens with zero attached hydrogens (tertiary/aromatic N) is 1. The molecule has 1 rings (SSSR count). The summed E-state index contributed by atoms with van der Waals surface area (Å²) in [6.45, 7) is 15.4. The van der Waals surface area contributed by atoms with Crippen LogP contribution in [-0.2, 0) is 0 Å². The number of likely N-dealkylation sites (tertiary alicyclic amines) is 1. The van der Waals surface area contributed by atoms with Gasteiger partial charge in [-0.1, -0.05) is 20.8 Å². The molecule has 1 aliphatic heterocycles. The minimum atomic E-state index is -0.431. The minimum Gasteiger partial charge on any atom is -0.390 e. The standard InChI is InChI=1S/C14H29NO/c1-12(2,3)11-14(16)7-9-15(10-8-14)13(4,5)6/h16H,7-11H2,1-6H3. The van der Waals surface area contributed by atoms with Gasteiger partial charge in [0.15, 0.2) is 0 Å². The van der Waals surface area contributed by atoms with E-state index in [4.69, 9.17) is 0 Å². The zero-order chi connectivity index (χ0) is 12.6. The molecule has 0 unspecified atom stereocenters. The molecular weight excluding hydrogens is 198 g/mol. The average Bonchev–Trinajstić information content (AvgIpc) is 1.98. The van der Waals surface area contributed by atoms with Crippen LogP contribution in [0.3, 0.4) is 0 Å². The maximum atomic E-state index is 10.6. The summed E-state index contributed by atoms with van der Waals surface area (Å²) in [7, 11) is 0. The Morgan fingerprint density at radius 1 is 1.00 bits per heavy atom. The third kappa shape index (κ3) is 4.06. The molecule has 1 heterocycles. The summed E-state index contributed by atoms with van der Waals surface area (Å²) in [5.74, 6) is 0. The molecule has 1 fully saturated rings. The highest BCUT2D eigenvalue weighted by molar-refractivity contribution is 4.92. The van der Waals surface area contributed by atoms with Crippen molar-refractivity contribution < 1.29 is 5.11 Å². The van der Waals surface area contributed by atoms with Gasteiger partial charge in [0.1, 0.15) is 0 Å². The van der Waals surface area contributed by atoms with Crippen molar-refractivity contribution in [2.45, 2.75) is 71.9 Å². The summed E-state index contributed by atoms with van der Waals surface area (Å²) < 4.78 is 0. The molecule has 0 aromatic carbocycles. The highest BCUT2D eigenvalue weighted by Gasteiger charge is 2.38. The summed E-state index contributed by atoms with van der Waals surface area (Å²) in [5, 5.41) is 10.6. The van der Waals surface area contributed by atoms with E-state index >= 15 is 0 Å². The molecule has 0 amide bonds. The molecule has 1 aliphatic rings. The second-order valence-corrected chi connectivity index (χ2v) is 7.62. The summed E-state index contributed by atoms with van der Waals surface area (Å²) in [4.78, 5) is 2.48. The first kappa shape index (κ1) is 14.0. The Balaban J connectivity index is 2.54. The van der Waals surface area contributed by atoms with Crippen LogP contribution in [-0.4, -0.2) is 34.2 Å². The number of rotatable bonds is 1. The van der Waals surface area contributed by atoms with Gasteiger partial charge in [0.05, 0.1) is 5.60 Å². The summed E-state index contributed by atoms with van der Waals surface area (Å²) in [6.07, 6.45) is 2.75. The molecule has 0 bridgehead atoms. The quantitative estimate of drug-likeness (QED) is 0.744. The van der Waals surface area contributed by atoms with Gasteiger partial charge in [0.25, 0.3) is 0 Å². The Labute approximate surface area is 101 Å². The Morgan fingerprint density at radius 3 is 1.75 bits per heavy atom. The van der Waals surface area contributed by atoms with Crippen LogP contribution in [0.1, 0.15) is 60.8 Å². The highest BCUT2D eigenvalue weighted by Crippen LogP contribution is 2.35. The fourth-order valence-electron chi connectivity index (χ4n) is 2.76. The lowest BCUT2D eigenvalue weighted by Gasteiger charge is -2.46. The SMILES string of the molecule is CC(C)(C)CC1(O)CCN(C(C)(C)C)CC1. The van der Waals surface area contributed by atoms with Crippen LogP contribution in [0.25, 0.3) is 0 Å². The molecule has 96 valence electrons. The topological polar surface area (TPSA) is 23.5 Å². The molecule has 2 nitrogen and oxygen atoms in total. The Bertz CT molecular complexity index is 226. The van der Waals surface area contributed by atoms with E-state index in [1.165, 1.54) is 0 Å². The molecule has 0 saturated carbocycles. The summed E-state index contributed by atoms with van der Waals surface area (Å²) >= 11 is 0. The minimum absolute atomic E-state index is 0.221. The van der Waals surface area contributed by atoms with Crippen molar-refractivity contribution in [3.63, 3.8) is 0 Å². The third-order valence-corrected chi connectivity index (χ3v) is 3.50. The first-order valence-electron chi connectivity index (χ1n) is 6.49. The number of hydrogen-bond donors (Lipinski definition) is 1. The smallest absolute Gasteiger partial charge is 0.0677 e. The third-order valence-electron chi connectivity index (χ3n) is 3.50. The lowest BCUT2D eigenvalue weighted by Crippen LogP contribution is -2.52. The monoisotopic (exact) mass is 227 g/mol. The van der Waals surface area contributed by atoms with Gasteiger partial charge in [-0.15, -0.1) is 0 Å².